The number of hydrazine groups is 1. The first-order chi connectivity index (χ1) is 11.9. The van der Waals surface area contributed by atoms with Crippen LogP contribution >= 0.6 is 22.9 Å². The predicted octanol–water partition coefficient (Wildman–Crippen LogP) is 5.26. The maximum absolute atomic E-state index is 13.6. The van der Waals surface area contributed by atoms with Crippen LogP contribution in [0.25, 0.3) is 0 Å². The fourth-order valence-electron chi connectivity index (χ4n) is 3.09. The number of halogens is 2. The molecule has 0 aliphatic carbocycles. The van der Waals surface area contributed by atoms with Gasteiger partial charge in [0, 0.05) is 15.3 Å². The van der Waals surface area contributed by atoms with E-state index in [1.807, 2.05) is 50.0 Å². The summed E-state index contributed by atoms with van der Waals surface area (Å²) in [6, 6.07) is 8.70. The largest absolute Gasteiger partial charge is 0.329 e. The molecule has 1 aliphatic heterocycles. The minimum absolute atomic E-state index is 0.125. The molecule has 2 atom stereocenters. The first kappa shape index (κ1) is 17.9. The summed E-state index contributed by atoms with van der Waals surface area (Å²) < 4.78 is 13.6. The molecule has 0 saturated heterocycles. The Bertz CT molecular complexity index is 806. The van der Waals surface area contributed by atoms with Crippen LogP contribution in [0.1, 0.15) is 43.3 Å². The van der Waals surface area contributed by atoms with Gasteiger partial charge in [-0.2, -0.15) is 5.01 Å². The zero-order chi connectivity index (χ0) is 18.1. The SMILES string of the molecule is CC1=C(C)N(OC=O)N(C(C)c2ccc(Cl)cc2)C1c1cc(F)cs1. The van der Waals surface area contributed by atoms with Gasteiger partial charge in [-0.25, -0.2) is 4.39 Å². The van der Waals surface area contributed by atoms with Crippen molar-refractivity contribution in [3.63, 3.8) is 0 Å². The van der Waals surface area contributed by atoms with Crippen molar-refractivity contribution >= 4 is 29.4 Å². The zero-order valence-electron chi connectivity index (χ0n) is 14.1. The second-order valence-corrected chi connectivity index (χ2v) is 7.30. The molecule has 0 bridgehead atoms. The Labute approximate surface area is 155 Å². The smallest absolute Gasteiger partial charge is 0.322 e. The molecule has 2 heterocycles. The van der Waals surface area contributed by atoms with E-state index in [0.717, 1.165) is 21.7 Å². The highest BCUT2D eigenvalue weighted by molar-refractivity contribution is 7.10. The van der Waals surface area contributed by atoms with Gasteiger partial charge in [0.1, 0.15) is 5.82 Å². The Morgan fingerprint density at radius 1 is 1.32 bits per heavy atom. The predicted molar refractivity (Wildman–Crippen MR) is 96.1 cm³/mol. The van der Waals surface area contributed by atoms with Crippen LogP contribution in [0.4, 0.5) is 4.39 Å². The highest BCUT2D eigenvalue weighted by Gasteiger charge is 2.41. The Morgan fingerprint density at radius 3 is 2.56 bits per heavy atom. The molecule has 2 aromatic rings. The van der Waals surface area contributed by atoms with Gasteiger partial charge in [0.25, 0.3) is 0 Å². The molecule has 3 rings (SSSR count). The number of rotatable bonds is 5. The molecular weight excluding hydrogens is 363 g/mol. The van der Waals surface area contributed by atoms with E-state index >= 15 is 0 Å². The molecule has 7 heteroatoms. The van der Waals surface area contributed by atoms with Gasteiger partial charge in [-0.05, 0) is 50.1 Å². The van der Waals surface area contributed by atoms with E-state index in [0.29, 0.717) is 11.5 Å². The van der Waals surface area contributed by atoms with Crippen molar-refractivity contribution in [1.82, 2.24) is 10.2 Å². The van der Waals surface area contributed by atoms with Gasteiger partial charge in [0.05, 0.1) is 17.8 Å². The molecule has 0 saturated carbocycles. The number of hydrogen-bond donors (Lipinski definition) is 0. The molecule has 0 radical (unpaired) electrons. The summed E-state index contributed by atoms with van der Waals surface area (Å²) in [4.78, 5) is 17.1. The lowest BCUT2D eigenvalue weighted by atomic mass is 10.0. The lowest BCUT2D eigenvalue weighted by Gasteiger charge is -2.36. The Morgan fingerprint density at radius 2 is 2.00 bits per heavy atom. The third-order valence-corrected chi connectivity index (χ3v) is 5.70. The lowest BCUT2D eigenvalue weighted by Crippen LogP contribution is -2.40. The molecule has 132 valence electrons. The maximum atomic E-state index is 13.6. The lowest BCUT2D eigenvalue weighted by molar-refractivity contribution is -0.247. The number of thiophene rings is 1. The molecule has 4 nitrogen and oxygen atoms in total. The quantitative estimate of drug-likeness (QED) is 0.662. The van der Waals surface area contributed by atoms with Crippen molar-refractivity contribution in [3.8, 4) is 0 Å². The zero-order valence-corrected chi connectivity index (χ0v) is 15.6. The van der Waals surface area contributed by atoms with Crippen LogP contribution < -0.4 is 0 Å². The first-order valence-corrected chi connectivity index (χ1v) is 9.05. The van der Waals surface area contributed by atoms with Crippen LogP contribution in [0.15, 0.2) is 47.0 Å². The molecule has 1 aromatic carbocycles. The van der Waals surface area contributed by atoms with Gasteiger partial charge < -0.3 is 4.84 Å². The second kappa shape index (κ2) is 7.15. The fourth-order valence-corrected chi connectivity index (χ4v) is 4.13. The number of allylic oxidation sites excluding steroid dienone is 1. The monoisotopic (exact) mass is 380 g/mol. The number of nitrogens with zero attached hydrogens (tertiary/aromatic N) is 2. The van der Waals surface area contributed by atoms with Crippen molar-refractivity contribution in [1.29, 1.82) is 0 Å². The number of carbonyl (C=O) groups excluding carboxylic acids is 1. The summed E-state index contributed by atoms with van der Waals surface area (Å²) in [6.45, 7) is 6.25. The van der Waals surface area contributed by atoms with E-state index in [1.165, 1.54) is 28.0 Å². The normalized spacial score (nSPS) is 19.4. The number of benzene rings is 1. The summed E-state index contributed by atoms with van der Waals surface area (Å²) in [5.41, 5.74) is 2.82. The molecule has 1 aromatic heterocycles. The number of hydrogen-bond acceptors (Lipinski definition) is 5. The van der Waals surface area contributed by atoms with E-state index in [9.17, 15) is 9.18 Å². The molecule has 2 unspecified atom stereocenters. The highest BCUT2D eigenvalue weighted by atomic mass is 35.5. The van der Waals surface area contributed by atoms with Crippen molar-refractivity contribution in [3.05, 3.63) is 68.3 Å². The number of carbonyl (C=O) groups is 1. The van der Waals surface area contributed by atoms with E-state index < -0.39 is 0 Å². The summed E-state index contributed by atoms with van der Waals surface area (Å²) >= 11 is 7.33. The minimum atomic E-state index is -0.265. The summed E-state index contributed by atoms with van der Waals surface area (Å²) in [7, 11) is 0. The van der Waals surface area contributed by atoms with E-state index in [1.54, 1.807) is 0 Å². The topological polar surface area (TPSA) is 32.8 Å². The van der Waals surface area contributed by atoms with Crippen LogP contribution in [0.2, 0.25) is 5.02 Å². The first-order valence-electron chi connectivity index (χ1n) is 7.79. The molecule has 0 N–H and O–H groups in total. The van der Waals surface area contributed by atoms with Crippen LogP contribution in [0, 0.1) is 5.82 Å². The van der Waals surface area contributed by atoms with Crippen molar-refractivity contribution in [2.24, 2.45) is 0 Å². The Balaban J connectivity index is 2.04. The Kier molecular flexibility index (Phi) is 5.13. The van der Waals surface area contributed by atoms with Crippen molar-refractivity contribution in [2.75, 3.05) is 0 Å². The van der Waals surface area contributed by atoms with Gasteiger partial charge in [-0.3, -0.25) is 4.79 Å². The van der Waals surface area contributed by atoms with E-state index in [-0.39, 0.29) is 17.9 Å². The van der Waals surface area contributed by atoms with Gasteiger partial charge in [0.15, 0.2) is 0 Å². The Hall–Kier alpha value is -1.89. The molecule has 25 heavy (non-hydrogen) atoms. The molecular formula is C18H18ClFN2O2S. The van der Waals surface area contributed by atoms with E-state index in [2.05, 4.69) is 0 Å². The molecule has 0 spiro atoms. The fraction of sp³-hybridized carbons (Fsp3) is 0.278. The number of hydroxylamine groups is 1. The van der Waals surface area contributed by atoms with Gasteiger partial charge in [0.2, 0.25) is 0 Å². The average Bonchev–Trinajstić information content (AvgIpc) is 3.12. The minimum Gasteiger partial charge on any atom is -0.329 e. The van der Waals surface area contributed by atoms with Crippen LogP contribution in [-0.4, -0.2) is 16.7 Å². The highest BCUT2D eigenvalue weighted by Crippen LogP contribution is 2.46. The van der Waals surface area contributed by atoms with Crippen LogP contribution in [-0.2, 0) is 9.63 Å². The second-order valence-electron chi connectivity index (χ2n) is 5.92. The molecule has 0 amide bonds. The molecule has 0 fully saturated rings. The third kappa shape index (κ3) is 3.29. The van der Waals surface area contributed by atoms with Gasteiger partial charge >= 0.3 is 6.47 Å². The van der Waals surface area contributed by atoms with Crippen LogP contribution in [0.3, 0.4) is 0 Å². The maximum Gasteiger partial charge on any atom is 0.322 e. The summed E-state index contributed by atoms with van der Waals surface area (Å²) in [6.07, 6.45) is 0. The summed E-state index contributed by atoms with van der Waals surface area (Å²) in [5, 5.41) is 5.56. The standard InChI is InChI=1S/C18H18ClFN2O2S/c1-11-12(2)22(24-10-23)21(18(11)17-8-16(20)9-25-17)13(3)14-4-6-15(19)7-5-14/h4-10,13,18H,1-3H3. The molecule has 1 aliphatic rings. The van der Waals surface area contributed by atoms with Crippen molar-refractivity contribution < 1.29 is 14.0 Å². The van der Waals surface area contributed by atoms with Crippen LogP contribution in [0.5, 0.6) is 0 Å². The van der Waals surface area contributed by atoms with Gasteiger partial charge in [-0.1, -0.05) is 23.7 Å². The van der Waals surface area contributed by atoms with Crippen molar-refractivity contribution in [2.45, 2.75) is 32.9 Å². The van der Waals surface area contributed by atoms with E-state index in [4.69, 9.17) is 16.4 Å². The average molecular weight is 381 g/mol. The third-order valence-electron chi connectivity index (χ3n) is 4.49. The van der Waals surface area contributed by atoms with Gasteiger partial charge in [-0.15, -0.1) is 16.5 Å². The summed E-state index contributed by atoms with van der Waals surface area (Å²) in [5.74, 6) is -0.265.